The van der Waals surface area contributed by atoms with E-state index in [1.807, 2.05) is 0 Å². The van der Waals surface area contributed by atoms with Crippen molar-refractivity contribution in [3.8, 4) is 11.4 Å². The summed E-state index contributed by atoms with van der Waals surface area (Å²) < 4.78 is 21.3. The van der Waals surface area contributed by atoms with Crippen molar-refractivity contribution in [3.05, 3.63) is 82.0 Å². The van der Waals surface area contributed by atoms with E-state index in [0.29, 0.717) is 11.4 Å². The Morgan fingerprint density at radius 2 is 1.83 bits per heavy atom. The van der Waals surface area contributed by atoms with Crippen molar-refractivity contribution in [3.63, 3.8) is 0 Å². The third-order valence-electron chi connectivity index (χ3n) is 5.12. The standard InChI is InChI=1S/C23H22FN3O3/c1-15-14-21(28)22(26-27(15)20-9-5-4-8-19(20)24)23(29)25-16-10-12-18(13-11-16)30-17-6-2-3-7-17/h4-5,8-14,17H,2-3,6-7H2,1H3,(H,25,29). The Morgan fingerprint density at radius 3 is 2.53 bits per heavy atom. The van der Waals surface area contributed by atoms with Crippen LogP contribution in [-0.2, 0) is 0 Å². The molecule has 4 rings (SSSR count). The van der Waals surface area contributed by atoms with Gasteiger partial charge in [0.1, 0.15) is 17.3 Å². The maximum atomic E-state index is 14.2. The SMILES string of the molecule is Cc1cc(=O)c(C(=O)Nc2ccc(OC3CCCC3)cc2)nn1-c1ccccc1F. The molecular weight excluding hydrogens is 385 g/mol. The molecule has 154 valence electrons. The number of hydrogen-bond donors (Lipinski definition) is 1. The van der Waals surface area contributed by atoms with Crippen LogP contribution >= 0.6 is 0 Å². The lowest BCUT2D eigenvalue weighted by Gasteiger charge is -2.14. The van der Waals surface area contributed by atoms with Crippen LogP contribution in [-0.4, -0.2) is 21.8 Å². The normalized spacial score (nSPS) is 13.9. The smallest absolute Gasteiger partial charge is 0.280 e. The van der Waals surface area contributed by atoms with Gasteiger partial charge in [-0.05, 0) is 69.0 Å². The number of aromatic nitrogens is 2. The Morgan fingerprint density at radius 1 is 1.13 bits per heavy atom. The van der Waals surface area contributed by atoms with Crippen molar-refractivity contribution in [1.29, 1.82) is 0 Å². The lowest BCUT2D eigenvalue weighted by Crippen LogP contribution is -2.27. The predicted molar refractivity (Wildman–Crippen MR) is 112 cm³/mol. The summed E-state index contributed by atoms with van der Waals surface area (Å²) >= 11 is 0. The number of rotatable bonds is 5. The minimum atomic E-state index is -0.658. The minimum Gasteiger partial charge on any atom is -0.490 e. The molecule has 0 aliphatic heterocycles. The minimum absolute atomic E-state index is 0.164. The molecule has 1 amide bonds. The Hall–Kier alpha value is -3.48. The molecule has 6 nitrogen and oxygen atoms in total. The summed E-state index contributed by atoms with van der Waals surface area (Å²) in [5, 5.41) is 6.78. The number of nitrogens with zero attached hydrogens (tertiary/aromatic N) is 2. The molecular formula is C23H22FN3O3. The number of carbonyl (C=O) groups is 1. The third kappa shape index (κ3) is 4.25. The van der Waals surface area contributed by atoms with Crippen molar-refractivity contribution in [1.82, 2.24) is 9.78 Å². The zero-order chi connectivity index (χ0) is 21.1. The number of anilines is 1. The molecule has 0 atom stereocenters. The monoisotopic (exact) mass is 407 g/mol. The van der Waals surface area contributed by atoms with E-state index >= 15 is 0 Å². The predicted octanol–water partition coefficient (Wildman–Crippen LogP) is 4.25. The highest BCUT2D eigenvalue weighted by atomic mass is 19.1. The van der Waals surface area contributed by atoms with E-state index in [1.165, 1.54) is 35.7 Å². The van der Waals surface area contributed by atoms with Crippen LogP contribution in [0.2, 0.25) is 0 Å². The van der Waals surface area contributed by atoms with Crippen LogP contribution in [0.4, 0.5) is 10.1 Å². The van der Waals surface area contributed by atoms with Gasteiger partial charge in [-0.25, -0.2) is 9.07 Å². The van der Waals surface area contributed by atoms with Gasteiger partial charge in [0.15, 0.2) is 5.69 Å². The van der Waals surface area contributed by atoms with Crippen LogP contribution in [0.3, 0.4) is 0 Å². The molecule has 1 N–H and O–H groups in total. The lowest BCUT2D eigenvalue weighted by molar-refractivity contribution is 0.101. The number of halogens is 1. The summed E-state index contributed by atoms with van der Waals surface area (Å²) in [6.45, 7) is 1.63. The fraction of sp³-hybridized carbons (Fsp3) is 0.261. The molecule has 0 spiro atoms. The number of carbonyl (C=O) groups excluding carboxylic acids is 1. The van der Waals surface area contributed by atoms with E-state index in [4.69, 9.17) is 4.74 Å². The van der Waals surface area contributed by atoms with Crippen LogP contribution in [0.5, 0.6) is 5.75 Å². The van der Waals surface area contributed by atoms with E-state index in [2.05, 4.69) is 10.4 Å². The lowest BCUT2D eigenvalue weighted by atomic mass is 10.2. The number of aryl methyl sites for hydroxylation is 1. The van der Waals surface area contributed by atoms with Gasteiger partial charge in [-0.2, -0.15) is 5.10 Å². The Kier molecular flexibility index (Phi) is 5.61. The summed E-state index contributed by atoms with van der Waals surface area (Å²) in [7, 11) is 0. The molecule has 1 aliphatic rings. The second-order valence-electron chi connectivity index (χ2n) is 7.36. The summed E-state index contributed by atoms with van der Waals surface area (Å²) in [6, 6.07) is 14.3. The summed E-state index contributed by atoms with van der Waals surface area (Å²) in [5.74, 6) is -0.411. The van der Waals surface area contributed by atoms with Crippen LogP contribution in [0, 0.1) is 12.7 Å². The number of amides is 1. The molecule has 0 radical (unpaired) electrons. The maximum absolute atomic E-state index is 14.2. The average molecular weight is 407 g/mol. The fourth-order valence-corrected chi connectivity index (χ4v) is 3.58. The molecule has 2 aromatic carbocycles. The number of ether oxygens (including phenoxy) is 1. The number of para-hydroxylation sites is 1. The van der Waals surface area contributed by atoms with E-state index < -0.39 is 17.2 Å². The van der Waals surface area contributed by atoms with E-state index in [9.17, 15) is 14.0 Å². The van der Waals surface area contributed by atoms with Crippen molar-refractivity contribution in [2.45, 2.75) is 38.7 Å². The van der Waals surface area contributed by atoms with Gasteiger partial charge in [-0.15, -0.1) is 0 Å². The molecule has 3 aromatic rings. The molecule has 7 heteroatoms. The van der Waals surface area contributed by atoms with Gasteiger partial charge in [0.2, 0.25) is 5.43 Å². The van der Waals surface area contributed by atoms with Crippen molar-refractivity contribution < 1.29 is 13.9 Å². The Labute approximate surface area is 173 Å². The molecule has 0 unspecified atom stereocenters. The molecule has 1 saturated carbocycles. The van der Waals surface area contributed by atoms with Gasteiger partial charge >= 0.3 is 0 Å². The first kappa shape index (κ1) is 19.8. The van der Waals surface area contributed by atoms with E-state index in [-0.39, 0.29) is 17.5 Å². The number of benzene rings is 2. The van der Waals surface area contributed by atoms with Gasteiger partial charge in [0.05, 0.1) is 6.10 Å². The summed E-state index contributed by atoms with van der Waals surface area (Å²) in [5.41, 5.74) is 0.263. The first-order valence-corrected chi connectivity index (χ1v) is 9.95. The molecule has 30 heavy (non-hydrogen) atoms. The Balaban J connectivity index is 1.54. The quantitative estimate of drug-likeness (QED) is 0.686. The van der Waals surface area contributed by atoms with Gasteiger partial charge in [-0.3, -0.25) is 9.59 Å². The largest absolute Gasteiger partial charge is 0.490 e. The molecule has 0 bridgehead atoms. The highest BCUT2D eigenvalue weighted by molar-refractivity contribution is 6.02. The first-order chi connectivity index (χ1) is 14.5. The Bertz CT molecular complexity index is 1120. The zero-order valence-corrected chi connectivity index (χ0v) is 16.6. The molecule has 1 aliphatic carbocycles. The maximum Gasteiger partial charge on any atom is 0.280 e. The van der Waals surface area contributed by atoms with Crippen molar-refractivity contribution in [2.24, 2.45) is 0 Å². The summed E-state index contributed by atoms with van der Waals surface area (Å²) in [6.07, 6.45) is 4.75. The second kappa shape index (κ2) is 8.49. The van der Waals surface area contributed by atoms with E-state index in [0.717, 1.165) is 18.6 Å². The van der Waals surface area contributed by atoms with Gasteiger partial charge in [0.25, 0.3) is 5.91 Å². The summed E-state index contributed by atoms with van der Waals surface area (Å²) in [4.78, 5) is 25.0. The fourth-order valence-electron chi connectivity index (χ4n) is 3.58. The number of hydrogen-bond acceptors (Lipinski definition) is 4. The highest BCUT2D eigenvalue weighted by Crippen LogP contribution is 2.25. The van der Waals surface area contributed by atoms with Crippen molar-refractivity contribution >= 4 is 11.6 Å². The van der Waals surface area contributed by atoms with Crippen LogP contribution in [0.25, 0.3) is 5.69 Å². The van der Waals surface area contributed by atoms with Gasteiger partial charge in [0, 0.05) is 17.4 Å². The molecule has 1 aromatic heterocycles. The van der Waals surface area contributed by atoms with Gasteiger partial charge < -0.3 is 10.1 Å². The average Bonchev–Trinajstić information content (AvgIpc) is 3.23. The van der Waals surface area contributed by atoms with Crippen molar-refractivity contribution in [2.75, 3.05) is 5.32 Å². The topological polar surface area (TPSA) is 73.2 Å². The van der Waals surface area contributed by atoms with Gasteiger partial charge in [-0.1, -0.05) is 12.1 Å². The number of nitrogens with one attached hydrogen (secondary N) is 1. The first-order valence-electron chi connectivity index (χ1n) is 9.95. The van der Waals surface area contributed by atoms with Crippen LogP contribution in [0.15, 0.2) is 59.4 Å². The zero-order valence-electron chi connectivity index (χ0n) is 16.6. The highest BCUT2D eigenvalue weighted by Gasteiger charge is 2.18. The second-order valence-corrected chi connectivity index (χ2v) is 7.36. The van der Waals surface area contributed by atoms with Crippen LogP contribution in [0.1, 0.15) is 41.9 Å². The van der Waals surface area contributed by atoms with Crippen LogP contribution < -0.4 is 15.5 Å². The van der Waals surface area contributed by atoms with E-state index in [1.54, 1.807) is 43.3 Å². The molecule has 0 saturated heterocycles. The molecule has 1 heterocycles. The third-order valence-corrected chi connectivity index (χ3v) is 5.12. The molecule has 1 fully saturated rings.